The Hall–Kier alpha value is -1.40. The summed E-state index contributed by atoms with van der Waals surface area (Å²) in [7, 11) is 0. The predicted octanol–water partition coefficient (Wildman–Crippen LogP) is 2.37. The minimum Gasteiger partial charge on any atom is -0.481 e. The van der Waals surface area contributed by atoms with Gasteiger partial charge in [0.25, 0.3) is 0 Å². The second-order valence-electron chi connectivity index (χ2n) is 3.71. The first kappa shape index (κ1) is 13.0. The first-order chi connectivity index (χ1) is 8.54. The van der Waals surface area contributed by atoms with E-state index in [-0.39, 0.29) is 6.42 Å². The van der Waals surface area contributed by atoms with Crippen LogP contribution in [0, 0.1) is 0 Å². The quantitative estimate of drug-likeness (QED) is 0.934. The monoisotopic (exact) mass is 329 g/mol. The zero-order valence-corrected chi connectivity index (χ0v) is 11.5. The molecule has 0 aliphatic heterocycles. The number of aliphatic carboxylic acids is 1. The van der Waals surface area contributed by atoms with Gasteiger partial charge in [-0.25, -0.2) is 4.68 Å². The van der Waals surface area contributed by atoms with Gasteiger partial charge in [0, 0.05) is 15.7 Å². The Bertz CT molecular complexity index is 585. The van der Waals surface area contributed by atoms with Gasteiger partial charge in [-0.1, -0.05) is 38.8 Å². The van der Waals surface area contributed by atoms with Crippen molar-refractivity contribution in [2.24, 2.45) is 0 Å². The molecule has 2 rings (SSSR count). The SMILES string of the molecule is O=C(O)Cc1cn(Cc2ccc(Br)cc2Cl)nn1. The Labute approximate surface area is 117 Å². The lowest BCUT2D eigenvalue weighted by Gasteiger charge is -2.04. The number of rotatable bonds is 4. The molecule has 0 aliphatic carbocycles. The summed E-state index contributed by atoms with van der Waals surface area (Å²) >= 11 is 9.41. The largest absolute Gasteiger partial charge is 0.481 e. The van der Waals surface area contributed by atoms with Crippen molar-refractivity contribution in [2.45, 2.75) is 13.0 Å². The highest BCUT2D eigenvalue weighted by molar-refractivity contribution is 9.10. The molecule has 0 aliphatic rings. The third-order valence-corrected chi connectivity index (χ3v) is 3.11. The van der Waals surface area contributed by atoms with Gasteiger partial charge in [0.05, 0.1) is 18.7 Å². The van der Waals surface area contributed by atoms with Crippen molar-refractivity contribution in [1.82, 2.24) is 15.0 Å². The smallest absolute Gasteiger partial charge is 0.309 e. The van der Waals surface area contributed by atoms with Crippen molar-refractivity contribution in [3.05, 3.63) is 45.1 Å². The summed E-state index contributed by atoms with van der Waals surface area (Å²) in [4.78, 5) is 10.5. The van der Waals surface area contributed by atoms with Crippen LogP contribution in [-0.2, 0) is 17.8 Å². The van der Waals surface area contributed by atoms with Crippen LogP contribution < -0.4 is 0 Å². The third-order valence-electron chi connectivity index (χ3n) is 2.27. The lowest BCUT2D eigenvalue weighted by atomic mass is 10.2. The van der Waals surface area contributed by atoms with Gasteiger partial charge >= 0.3 is 5.97 Å². The highest BCUT2D eigenvalue weighted by Crippen LogP contribution is 2.21. The lowest BCUT2D eigenvalue weighted by Crippen LogP contribution is -2.01. The third kappa shape index (κ3) is 3.30. The Morgan fingerprint density at radius 2 is 2.28 bits per heavy atom. The number of carboxylic acids is 1. The van der Waals surface area contributed by atoms with E-state index in [9.17, 15) is 4.79 Å². The fourth-order valence-electron chi connectivity index (χ4n) is 1.48. The number of aromatic nitrogens is 3. The molecule has 0 saturated carbocycles. The highest BCUT2D eigenvalue weighted by atomic mass is 79.9. The summed E-state index contributed by atoms with van der Waals surface area (Å²) in [6, 6.07) is 5.56. The Morgan fingerprint density at radius 3 is 2.94 bits per heavy atom. The molecule has 0 radical (unpaired) electrons. The van der Waals surface area contributed by atoms with Crippen molar-refractivity contribution >= 4 is 33.5 Å². The van der Waals surface area contributed by atoms with Crippen molar-refractivity contribution in [1.29, 1.82) is 0 Å². The average molecular weight is 331 g/mol. The second kappa shape index (κ2) is 5.49. The van der Waals surface area contributed by atoms with Crippen LogP contribution in [0.25, 0.3) is 0 Å². The predicted molar refractivity (Wildman–Crippen MR) is 69.6 cm³/mol. The van der Waals surface area contributed by atoms with E-state index in [4.69, 9.17) is 16.7 Å². The van der Waals surface area contributed by atoms with E-state index in [1.807, 2.05) is 12.1 Å². The van der Waals surface area contributed by atoms with E-state index >= 15 is 0 Å². The molecule has 7 heteroatoms. The molecule has 0 amide bonds. The summed E-state index contributed by atoms with van der Waals surface area (Å²) in [6.45, 7) is 0.457. The number of halogens is 2. The van der Waals surface area contributed by atoms with Crippen LogP contribution in [0.2, 0.25) is 5.02 Å². The van der Waals surface area contributed by atoms with Gasteiger partial charge in [0.15, 0.2) is 0 Å². The van der Waals surface area contributed by atoms with Crippen molar-refractivity contribution in [2.75, 3.05) is 0 Å². The summed E-state index contributed by atoms with van der Waals surface area (Å²) in [6.07, 6.45) is 1.47. The molecule has 5 nitrogen and oxygen atoms in total. The Balaban J connectivity index is 2.13. The van der Waals surface area contributed by atoms with Crippen LogP contribution >= 0.6 is 27.5 Å². The van der Waals surface area contributed by atoms with Gasteiger partial charge in [-0.15, -0.1) is 5.10 Å². The summed E-state index contributed by atoms with van der Waals surface area (Å²) < 4.78 is 2.47. The van der Waals surface area contributed by atoms with Gasteiger partial charge in [-0.3, -0.25) is 4.79 Å². The van der Waals surface area contributed by atoms with Crippen LogP contribution in [-0.4, -0.2) is 26.1 Å². The van der Waals surface area contributed by atoms with Crippen LogP contribution in [0.4, 0.5) is 0 Å². The second-order valence-corrected chi connectivity index (χ2v) is 5.04. The number of carbonyl (C=O) groups is 1. The van der Waals surface area contributed by atoms with Gasteiger partial charge in [0.2, 0.25) is 0 Å². The van der Waals surface area contributed by atoms with E-state index in [1.54, 1.807) is 16.9 Å². The Kier molecular flexibility index (Phi) is 3.98. The fourth-order valence-corrected chi connectivity index (χ4v) is 2.21. The molecular weight excluding hydrogens is 321 g/mol. The molecule has 1 N–H and O–H groups in total. The van der Waals surface area contributed by atoms with Crippen molar-refractivity contribution < 1.29 is 9.90 Å². The number of hydrogen-bond donors (Lipinski definition) is 1. The topological polar surface area (TPSA) is 68.0 Å². The number of nitrogens with zero attached hydrogens (tertiary/aromatic N) is 3. The molecule has 0 bridgehead atoms. The van der Waals surface area contributed by atoms with E-state index in [2.05, 4.69) is 26.2 Å². The maximum Gasteiger partial charge on any atom is 0.309 e. The summed E-state index contributed by atoms with van der Waals surface area (Å²) in [5.74, 6) is -0.927. The zero-order chi connectivity index (χ0) is 13.1. The molecule has 0 saturated heterocycles. The molecule has 1 heterocycles. The summed E-state index contributed by atoms with van der Waals surface area (Å²) in [5.41, 5.74) is 1.32. The molecule has 0 atom stereocenters. The van der Waals surface area contributed by atoms with Gasteiger partial charge < -0.3 is 5.11 Å². The van der Waals surface area contributed by atoms with E-state index in [0.29, 0.717) is 17.3 Å². The normalized spacial score (nSPS) is 10.6. The first-order valence-electron chi connectivity index (χ1n) is 5.09. The van der Waals surface area contributed by atoms with E-state index < -0.39 is 5.97 Å². The minimum atomic E-state index is -0.927. The Morgan fingerprint density at radius 1 is 1.50 bits per heavy atom. The van der Waals surface area contributed by atoms with Gasteiger partial charge in [0.1, 0.15) is 0 Å². The maximum absolute atomic E-state index is 10.5. The van der Waals surface area contributed by atoms with Crippen LogP contribution in [0.3, 0.4) is 0 Å². The van der Waals surface area contributed by atoms with E-state index in [0.717, 1.165) is 10.0 Å². The van der Waals surface area contributed by atoms with Gasteiger partial charge in [-0.05, 0) is 17.7 Å². The fraction of sp³-hybridized carbons (Fsp3) is 0.182. The minimum absolute atomic E-state index is 0.131. The zero-order valence-electron chi connectivity index (χ0n) is 9.18. The van der Waals surface area contributed by atoms with Crippen LogP contribution in [0.15, 0.2) is 28.9 Å². The molecule has 0 fully saturated rings. The van der Waals surface area contributed by atoms with Crippen molar-refractivity contribution in [3.8, 4) is 0 Å². The highest BCUT2D eigenvalue weighted by Gasteiger charge is 2.07. The number of benzene rings is 1. The summed E-state index contributed by atoms with van der Waals surface area (Å²) in [5, 5.41) is 16.9. The molecule has 18 heavy (non-hydrogen) atoms. The van der Waals surface area contributed by atoms with Gasteiger partial charge in [-0.2, -0.15) is 0 Å². The molecule has 0 spiro atoms. The van der Waals surface area contributed by atoms with Crippen molar-refractivity contribution in [3.63, 3.8) is 0 Å². The molecule has 94 valence electrons. The van der Waals surface area contributed by atoms with E-state index in [1.165, 1.54) is 0 Å². The maximum atomic E-state index is 10.5. The average Bonchev–Trinajstić information content (AvgIpc) is 2.69. The van der Waals surface area contributed by atoms with Crippen LogP contribution in [0.1, 0.15) is 11.3 Å². The molecule has 1 aromatic carbocycles. The number of hydrogen-bond acceptors (Lipinski definition) is 3. The molecular formula is C11H9BrClN3O2. The first-order valence-corrected chi connectivity index (χ1v) is 6.26. The molecule has 1 aromatic heterocycles. The molecule has 0 unspecified atom stereocenters. The number of carboxylic acid groups (broad SMARTS) is 1. The lowest BCUT2D eigenvalue weighted by molar-refractivity contribution is -0.136. The molecule has 2 aromatic rings. The standard InChI is InChI=1S/C11H9BrClN3O2/c12-8-2-1-7(10(13)3-8)5-16-6-9(14-15-16)4-11(17)18/h1-3,6H,4-5H2,(H,17,18). The van der Waals surface area contributed by atoms with Crippen LogP contribution in [0.5, 0.6) is 0 Å².